The van der Waals surface area contributed by atoms with Gasteiger partial charge in [0.2, 0.25) is 0 Å². The number of hydrogen-bond donors (Lipinski definition) is 3. The predicted molar refractivity (Wildman–Crippen MR) is 81.2 cm³/mol. The normalized spacial score (nSPS) is 13.8. The fourth-order valence-corrected chi connectivity index (χ4v) is 2.21. The van der Waals surface area contributed by atoms with Crippen molar-refractivity contribution < 1.29 is 0 Å². The van der Waals surface area contributed by atoms with Crippen LogP contribution >= 0.6 is 0 Å². The fraction of sp³-hybridized carbons (Fsp3) is 1.00. The Morgan fingerprint density at radius 1 is 0.778 bits per heavy atom. The molecule has 110 valence electrons. The van der Waals surface area contributed by atoms with Gasteiger partial charge >= 0.3 is 0 Å². The minimum Gasteiger partial charge on any atom is -0.325 e. The zero-order valence-corrected chi connectivity index (χ0v) is 12.6. The molecule has 0 aliphatic rings. The van der Waals surface area contributed by atoms with Crippen LogP contribution in [0.5, 0.6) is 0 Å². The molecule has 0 fully saturated rings. The first-order valence-electron chi connectivity index (χ1n) is 7.88. The summed E-state index contributed by atoms with van der Waals surface area (Å²) in [5, 5.41) is 0. The SMILES string of the molecule is CCCCCCCCCCCC(N)C(N)(N)CC. The Morgan fingerprint density at radius 3 is 1.67 bits per heavy atom. The lowest BCUT2D eigenvalue weighted by molar-refractivity contribution is 0.320. The number of rotatable bonds is 12. The molecule has 0 bridgehead atoms. The molecule has 0 aliphatic carbocycles. The van der Waals surface area contributed by atoms with Crippen LogP contribution in [0.3, 0.4) is 0 Å². The largest absolute Gasteiger partial charge is 0.325 e. The van der Waals surface area contributed by atoms with Crippen molar-refractivity contribution in [3.63, 3.8) is 0 Å². The van der Waals surface area contributed by atoms with Crippen LogP contribution in [-0.2, 0) is 0 Å². The van der Waals surface area contributed by atoms with Crippen molar-refractivity contribution in [3.05, 3.63) is 0 Å². The van der Waals surface area contributed by atoms with Gasteiger partial charge in [-0.05, 0) is 12.8 Å². The third-order valence-corrected chi connectivity index (χ3v) is 3.92. The van der Waals surface area contributed by atoms with E-state index in [-0.39, 0.29) is 6.04 Å². The summed E-state index contributed by atoms with van der Waals surface area (Å²) in [6, 6.07) is -0.0629. The van der Waals surface area contributed by atoms with E-state index in [4.69, 9.17) is 17.2 Å². The molecule has 6 N–H and O–H groups in total. The molecule has 0 aliphatic heterocycles. The van der Waals surface area contributed by atoms with Crippen molar-refractivity contribution in [1.82, 2.24) is 0 Å². The molecule has 3 nitrogen and oxygen atoms in total. The van der Waals surface area contributed by atoms with Crippen LogP contribution in [-0.4, -0.2) is 11.7 Å². The third kappa shape index (κ3) is 8.90. The summed E-state index contributed by atoms with van der Waals surface area (Å²) < 4.78 is 0. The second-order valence-corrected chi connectivity index (χ2v) is 5.69. The van der Waals surface area contributed by atoms with E-state index in [0.29, 0.717) is 0 Å². The molecule has 3 heteroatoms. The Balaban J connectivity index is 3.30. The molecule has 0 saturated carbocycles. The smallest absolute Gasteiger partial charge is 0.0789 e. The Kier molecular flexibility index (Phi) is 10.7. The van der Waals surface area contributed by atoms with E-state index in [2.05, 4.69) is 6.92 Å². The van der Waals surface area contributed by atoms with Gasteiger partial charge in [-0.1, -0.05) is 71.6 Å². The highest BCUT2D eigenvalue weighted by atomic mass is 15.0. The summed E-state index contributed by atoms with van der Waals surface area (Å²) in [5.41, 5.74) is 17.2. The zero-order chi connectivity index (χ0) is 13.9. The number of unbranched alkanes of at least 4 members (excludes halogenated alkanes) is 8. The van der Waals surface area contributed by atoms with Crippen LogP contribution in [0.4, 0.5) is 0 Å². The maximum absolute atomic E-state index is 6.01. The highest BCUT2D eigenvalue weighted by Crippen LogP contribution is 2.13. The number of hydrogen-bond acceptors (Lipinski definition) is 3. The Hall–Kier alpha value is -0.120. The molecule has 0 spiro atoms. The molecule has 0 heterocycles. The lowest BCUT2D eigenvalue weighted by Crippen LogP contribution is -2.61. The maximum Gasteiger partial charge on any atom is 0.0789 e. The zero-order valence-electron chi connectivity index (χ0n) is 12.6. The van der Waals surface area contributed by atoms with E-state index in [1.54, 1.807) is 0 Å². The summed E-state index contributed by atoms with van der Waals surface area (Å²) in [4.78, 5) is 0. The van der Waals surface area contributed by atoms with Gasteiger partial charge in [0.15, 0.2) is 0 Å². The monoisotopic (exact) mass is 257 g/mol. The molecular weight excluding hydrogens is 222 g/mol. The molecule has 0 amide bonds. The summed E-state index contributed by atoms with van der Waals surface area (Å²) in [5.74, 6) is 0. The quantitative estimate of drug-likeness (QED) is 0.371. The summed E-state index contributed by atoms with van der Waals surface area (Å²) in [7, 11) is 0. The van der Waals surface area contributed by atoms with Crippen molar-refractivity contribution in [2.24, 2.45) is 17.2 Å². The molecule has 1 unspecified atom stereocenters. The Bertz CT molecular complexity index is 181. The van der Waals surface area contributed by atoms with Gasteiger partial charge in [0.1, 0.15) is 0 Å². The first-order valence-corrected chi connectivity index (χ1v) is 7.88. The fourth-order valence-electron chi connectivity index (χ4n) is 2.21. The van der Waals surface area contributed by atoms with Gasteiger partial charge in [0.25, 0.3) is 0 Å². The van der Waals surface area contributed by atoms with Gasteiger partial charge in [-0.25, -0.2) is 0 Å². The lowest BCUT2D eigenvalue weighted by atomic mass is 9.94. The van der Waals surface area contributed by atoms with Crippen LogP contribution in [0.2, 0.25) is 0 Å². The number of nitrogens with two attached hydrogens (primary N) is 3. The molecule has 18 heavy (non-hydrogen) atoms. The van der Waals surface area contributed by atoms with E-state index >= 15 is 0 Å². The van der Waals surface area contributed by atoms with Crippen LogP contribution in [0.25, 0.3) is 0 Å². The summed E-state index contributed by atoms with van der Waals surface area (Å²) >= 11 is 0. The van der Waals surface area contributed by atoms with E-state index in [1.165, 1.54) is 51.4 Å². The highest BCUT2D eigenvalue weighted by Gasteiger charge is 2.24. The molecule has 0 aromatic rings. The van der Waals surface area contributed by atoms with Crippen LogP contribution in [0.1, 0.15) is 84.5 Å². The third-order valence-electron chi connectivity index (χ3n) is 3.92. The molecule has 0 aromatic heterocycles. The lowest BCUT2D eigenvalue weighted by Gasteiger charge is -2.30. The van der Waals surface area contributed by atoms with Gasteiger partial charge < -0.3 is 17.2 Å². The van der Waals surface area contributed by atoms with E-state index in [9.17, 15) is 0 Å². The van der Waals surface area contributed by atoms with Crippen molar-refractivity contribution in [2.45, 2.75) is 96.2 Å². The minimum atomic E-state index is -0.680. The Labute approximate surface area is 114 Å². The molecular formula is C15H35N3. The van der Waals surface area contributed by atoms with Gasteiger partial charge in [0.05, 0.1) is 5.66 Å². The predicted octanol–water partition coefficient (Wildman–Crippen LogP) is 3.26. The molecule has 0 radical (unpaired) electrons. The van der Waals surface area contributed by atoms with Crippen molar-refractivity contribution in [3.8, 4) is 0 Å². The second kappa shape index (κ2) is 10.8. The first kappa shape index (κ1) is 17.9. The van der Waals surface area contributed by atoms with Crippen molar-refractivity contribution >= 4 is 0 Å². The topological polar surface area (TPSA) is 78.1 Å². The van der Waals surface area contributed by atoms with E-state index in [0.717, 1.165) is 19.3 Å². The second-order valence-electron chi connectivity index (χ2n) is 5.69. The molecule has 1 atom stereocenters. The van der Waals surface area contributed by atoms with Crippen molar-refractivity contribution in [1.29, 1.82) is 0 Å². The molecule has 0 aromatic carbocycles. The summed E-state index contributed by atoms with van der Waals surface area (Å²) in [6.45, 7) is 4.25. The highest BCUT2D eigenvalue weighted by molar-refractivity contribution is 4.86. The van der Waals surface area contributed by atoms with Crippen LogP contribution in [0, 0.1) is 0 Å². The van der Waals surface area contributed by atoms with Gasteiger partial charge in [-0.15, -0.1) is 0 Å². The van der Waals surface area contributed by atoms with Gasteiger partial charge in [0, 0.05) is 6.04 Å². The first-order chi connectivity index (χ1) is 8.54. The van der Waals surface area contributed by atoms with Crippen molar-refractivity contribution in [2.75, 3.05) is 0 Å². The van der Waals surface area contributed by atoms with E-state index < -0.39 is 5.66 Å². The average Bonchev–Trinajstić information content (AvgIpc) is 2.36. The minimum absolute atomic E-state index is 0.0629. The average molecular weight is 257 g/mol. The van der Waals surface area contributed by atoms with Crippen LogP contribution < -0.4 is 17.2 Å². The Morgan fingerprint density at radius 2 is 1.22 bits per heavy atom. The van der Waals surface area contributed by atoms with Gasteiger partial charge in [-0.2, -0.15) is 0 Å². The molecule has 0 saturated heterocycles. The van der Waals surface area contributed by atoms with Crippen LogP contribution in [0.15, 0.2) is 0 Å². The summed E-state index contributed by atoms with van der Waals surface area (Å²) in [6.07, 6.45) is 13.7. The standard InChI is InChI=1S/C15H35N3/c1-3-5-6-7-8-9-10-11-12-13-14(16)15(17,18)4-2/h14H,3-13,16-18H2,1-2H3. The van der Waals surface area contributed by atoms with E-state index in [1.807, 2.05) is 6.92 Å². The van der Waals surface area contributed by atoms with Gasteiger partial charge in [-0.3, -0.25) is 0 Å². The molecule has 0 rings (SSSR count). The maximum atomic E-state index is 6.01.